The highest BCUT2D eigenvalue weighted by atomic mass is 16.5. The fourth-order valence-corrected chi connectivity index (χ4v) is 5.15. The van der Waals surface area contributed by atoms with Gasteiger partial charge in [-0.1, -0.05) is 6.92 Å². The van der Waals surface area contributed by atoms with E-state index in [4.69, 9.17) is 9.47 Å². The molecule has 5 rings (SSSR count). The lowest BCUT2D eigenvalue weighted by atomic mass is 9.82. The minimum Gasteiger partial charge on any atom is -0.381 e. The molecule has 0 aromatic carbocycles. The Morgan fingerprint density at radius 1 is 1.27 bits per heavy atom. The van der Waals surface area contributed by atoms with Crippen molar-refractivity contribution in [1.29, 1.82) is 0 Å². The number of H-pyrrole nitrogens is 1. The van der Waals surface area contributed by atoms with Gasteiger partial charge in [-0.3, -0.25) is 4.79 Å². The van der Waals surface area contributed by atoms with E-state index in [0.29, 0.717) is 30.0 Å². The van der Waals surface area contributed by atoms with Gasteiger partial charge in [-0.05, 0) is 25.7 Å². The van der Waals surface area contributed by atoms with Crippen LogP contribution in [0.2, 0.25) is 0 Å². The van der Waals surface area contributed by atoms with E-state index >= 15 is 0 Å². The summed E-state index contributed by atoms with van der Waals surface area (Å²) in [7, 11) is 0. The lowest BCUT2D eigenvalue weighted by molar-refractivity contribution is -0.138. The van der Waals surface area contributed by atoms with Crippen LogP contribution in [0.4, 0.5) is 5.82 Å². The molecule has 1 amide bonds. The molecule has 4 heterocycles. The molecule has 2 N–H and O–H groups in total. The molecule has 0 radical (unpaired) electrons. The monoisotopic (exact) mass is 414 g/mol. The third-order valence-corrected chi connectivity index (χ3v) is 6.77. The van der Waals surface area contributed by atoms with E-state index in [1.54, 1.807) is 6.33 Å². The standard InChI is InChI=1S/C21H30N6O3/c1-2-5-30-17-6-13(21(28)27-7-14-9-29-10-15(14)8-27)3-4-16(17)26-20-18-19(23-11-22-18)24-12-25-20/h11-17H,2-10H2,1H3,(H2,22,23,24,25,26)/t13-,14-,15+,16-,17-/m0/s1. The van der Waals surface area contributed by atoms with Crippen LogP contribution in [-0.4, -0.2) is 75.8 Å². The van der Waals surface area contributed by atoms with Gasteiger partial charge in [0.2, 0.25) is 5.91 Å². The van der Waals surface area contributed by atoms with Gasteiger partial charge in [0.15, 0.2) is 11.5 Å². The maximum Gasteiger partial charge on any atom is 0.225 e. The number of hydrogen-bond acceptors (Lipinski definition) is 7. The average molecular weight is 415 g/mol. The summed E-state index contributed by atoms with van der Waals surface area (Å²) in [5.74, 6) is 2.11. The Labute approximate surface area is 176 Å². The van der Waals surface area contributed by atoms with E-state index in [1.165, 1.54) is 6.33 Å². The summed E-state index contributed by atoms with van der Waals surface area (Å²) >= 11 is 0. The molecule has 3 aliphatic rings. The molecule has 0 bridgehead atoms. The average Bonchev–Trinajstić information content (AvgIpc) is 3.48. The van der Waals surface area contributed by atoms with E-state index in [9.17, 15) is 4.79 Å². The highest BCUT2D eigenvalue weighted by molar-refractivity contribution is 5.82. The van der Waals surface area contributed by atoms with E-state index < -0.39 is 0 Å². The summed E-state index contributed by atoms with van der Waals surface area (Å²) in [4.78, 5) is 31.2. The maximum atomic E-state index is 13.2. The number of hydrogen-bond donors (Lipinski definition) is 2. The number of anilines is 1. The zero-order chi connectivity index (χ0) is 20.5. The number of carbonyl (C=O) groups is 1. The Hall–Kier alpha value is -2.26. The van der Waals surface area contributed by atoms with Crippen molar-refractivity contribution in [3.8, 4) is 0 Å². The predicted molar refractivity (Wildman–Crippen MR) is 111 cm³/mol. The van der Waals surface area contributed by atoms with Crippen LogP contribution >= 0.6 is 0 Å². The summed E-state index contributed by atoms with van der Waals surface area (Å²) in [5, 5.41) is 3.54. The van der Waals surface area contributed by atoms with Gasteiger partial charge in [0.05, 0.1) is 31.7 Å². The van der Waals surface area contributed by atoms with E-state index in [-0.39, 0.29) is 18.1 Å². The number of carbonyl (C=O) groups excluding carboxylic acids is 1. The number of nitrogens with one attached hydrogen (secondary N) is 2. The first-order chi connectivity index (χ1) is 14.7. The fourth-order valence-electron chi connectivity index (χ4n) is 5.15. The Morgan fingerprint density at radius 2 is 2.10 bits per heavy atom. The van der Waals surface area contributed by atoms with Crippen molar-refractivity contribution in [2.24, 2.45) is 17.8 Å². The Bertz CT molecular complexity index is 877. The topological polar surface area (TPSA) is 105 Å². The summed E-state index contributed by atoms with van der Waals surface area (Å²) in [6.45, 7) is 6.10. The number of fused-ring (bicyclic) bond motifs is 2. The number of likely N-dealkylation sites (tertiary alicyclic amines) is 1. The van der Waals surface area contributed by atoms with Crippen molar-refractivity contribution in [2.45, 2.75) is 44.8 Å². The van der Waals surface area contributed by atoms with Crippen LogP contribution in [0.1, 0.15) is 32.6 Å². The maximum absolute atomic E-state index is 13.2. The zero-order valence-electron chi connectivity index (χ0n) is 17.4. The molecule has 5 atom stereocenters. The molecule has 2 aliphatic heterocycles. The second-order valence-corrected chi connectivity index (χ2v) is 8.79. The molecule has 0 spiro atoms. The van der Waals surface area contributed by atoms with Crippen molar-refractivity contribution in [1.82, 2.24) is 24.8 Å². The number of amides is 1. The summed E-state index contributed by atoms with van der Waals surface area (Å²) < 4.78 is 11.8. The molecular formula is C21H30N6O3. The van der Waals surface area contributed by atoms with Crippen LogP contribution in [0, 0.1) is 17.8 Å². The molecule has 1 aliphatic carbocycles. The van der Waals surface area contributed by atoms with Gasteiger partial charge in [0.25, 0.3) is 0 Å². The number of aromatic nitrogens is 4. The van der Waals surface area contributed by atoms with E-state index in [1.807, 2.05) is 0 Å². The normalized spacial score (nSPS) is 31.2. The molecule has 162 valence electrons. The number of imidazole rings is 1. The smallest absolute Gasteiger partial charge is 0.225 e. The first kappa shape index (κ1) is 19.7. The van der Waals surface area contributed by atoms with Gasteiger partial charge in [0, 0.05) is 37.5 Å². The zero-order valence-corrected chi connectivity index (χ0v) is 17.4. The summed E-state index contributed by atoms with van der Waals surface area (Å²) in [6, 6.07) is 0.105. The van der Waals surface area contributed by atoms with Crippen LogP contribution in [0.3, 0.4) is 0 Å². The molecule has 2 aromatic rings. The van der Waals surface area contributed by atoms with Crippen molar-refractivity contribution in [2.75, 3.05) is 38.2 Å². The predicted octanol–water partition coefficient (Wildman–Crippen LogP) is 1.83. The molecule has 2 aromatic heterocycles. The number of nitrogens with zero attached hydrogens (tertiary/aromatic N) is 4. The molecular weight excluding hydrogens is 384 g/mol. The van der Waals surface area contributed by atoms with Gasteiger partial charge < -0.3 is 24.7 Å². The van der Waals surface area contributed by atoms with Crippen LogP contribution in [0.15, 0.2) is 12.7 Å². The molecule has 0 unspecified atom stereocenters. The SMILES string of the molecule is CCCO[C@H]1C[C@@H](C(=O)N2C[C@H]3COC[C@H]3C2)CC[C@@H]1Nc1ncnc2nc[nH]c12. The first-order valence-corrected chi connectivity index (χ1v) is 11.1. The van der Waals surface area contributed by atoms with Gasteiger partial charge in [0.1, 0.15) is 11.8 Å². The van der Waals surface area contributed by atoms with Crippen molar-refractivity contribution in [3.05, 3.63) is 12.7 Å². The fraction of sp³-hybridized carbons (Fsp3) is 0.714. The largest absolute Gasteiger partial charge is 0.381 e. The highest BCUT2D eigenvalue weighted by Crippen LogP contribution is 2.35. The van der Waals surface area contributed by atoms with Gasteiger partial charge in [-0.2, -0.15) is 0 Å². The van der Waals surface area contributed by atoms with Crippen LogP contribution in [-0.2, 0) is 14.3 Å². The first-order valence-electron chi connectivity index (χ1n) is 11.1. The Kier molecular flexibility index (Phi) is 5.56. The minimum atomic E-state index is -0.0222. The second-order valence-electron chi connectivity index (χ2n) is 8.79. The van der Waals surface area contributed by atoms with Crippen LogP contribution in [0.25, 0.3) is 11.2 Å². The summed E-state index contributed by atoms with van der Waals surface area (Å²) in [6.07, 6.45) is 6.56. The lowest BCUT2D eigenvalue weighted by Crippen LogP contribution is -2.46. The van der Waals surface area contributed by atoms with Crippen molar-refractivity contribution in [3.63, 3.8) is 0 Å². The number of aromatic amines is 1. The molecule has 30 heavy (non-hydrogen) atoms. The van der Waals surface area contributed by atoms with Crippen LogP contribution in [0.5, 0.6) is 0 Å². The minimum absolute atomic E-state index is 0.0222. The quantitative estimate of drug-likeness (QED) is 0.743. The Balaban J connectivity index is 1.27. The van der Waals surface area contributed by atoms with E-state index in [2.05, 4.69) is 37.1 Å². The lowest BCUT2D eigenvalue weighted by Gasteiger charge is -2.37. The molecule has 9 heteroatoms. The van der Waals surface area contributed by atoms with Gasteiger partial charge in [-0.25, -0.2) is 15.0 Å². The molecule has 3 fully saturated rings. The molecule has 9 nitrogen and oxygen atoms in total. The summed E-state index contributed by atoms with van der Waals surface area (Å²) in [5.41, 5.74) is 1.45. The van der Waals surface area contributed by atoms with E-state index in [0.717, 1.165) is 63.3 Å². The highest BCUT2D eigenvalue weighted by Gasteiger charge is 2.43. The number of rotatable bonds is 6. The van der Waals surface area contributed by atoms with Crippen molar-refractivity contribution < 1.29 is 14.3 Å². The molecule has 2 saturated heterocycles. The van der Waals surface area contributed by atoms with Crippen LogP contribution < -0.4 is 5.32 Å². The van der Waals surface area contributed by atoms with Gasteiger partial charge in [-0.15, -0.1) is 0 Å². The third kappa shape index (κ3) is 3.76. The van der Waals surface area contributed by atoms with Gasteiger partial charge >= 0.3 is 0 Å². The van der Waals surface area contributed by atoms with Crippen molar-refractivity contribution >= 4 is 22.9 Å². The third-order valence-electron chi connectivity index (χ3n) is 6.77. The second kappa shape index (κ2) is 8.47. The number of ether oxygens (including phenoxy) is 2. The molecule has 1 saturated carbocycles. The Morgan fingerprint density at radius 3 is 2.90 bits per heavy atom.